The van der Waals surface area contributed by atoms with Crippen molar-refractivity contribution < 1.29 is 4.42 Å². The molecule has 0 aliphatic carbocycles. The molecule has 0 aliphatic heterocycles. The number of hydrogen-bond acceptors (Lipinski definition) is 1. The van der Waals surface area contributed by atoms with Crippen LogP contribution in [0.1, 0.15) is 0 Å². The molecule has 9 heavy (non-hydrogen) atoms. The first-order valence-corrected chi connectivity index (χ1v) is 2.57. The highest BCUT2D eigenvalue weighted by molar-refractivity contribution is 5.16. The van der Waals surface area contributed by atoms with Gasteiger partial charge >= 0.3 is 0 Å². The normalized spacial score (nSPS) is 9.78. The van der Waals surface area contributed by atoms with Gasteiger partial charge in [0.05, 0.1) is 0 Å². The van der Waals surface area contributed by atoms with Gasteiger partial charge in [0.1, 0.15) is 10.8 Å². The quantitative estimate of drug-likeness (QED) is 0.424. The van der Waals surface area contributed by atoms with Crippen molar-refractivity contribution in [3.63, 3.8) is 0 Å². The van der Waals surface area contributed by atoms with Crippen molar-refractivity contribution in [2.24, 2.45) is 0 Å². The highest BCUT2D eigenvalue weighted by atomic mass is 16.3. The topological polar surface area (TPSA) is 13.1 Å². The molecule has 0 spiro atoms. The number of furan rings is 1. The molecular weight excluding hydrogens is 112 g/mol. The van der Waals surface area contributed by atoms with Crippen molar-refractivity contribution in [2.45, 2.75) is 0 Å². The lowest BCUT2D eigenvalue weighted by Crippen LogP contribution is -2.33. The minimum atomic E-state index is 0.560. The third-order valence-corrected chi connectivity index (χ3v) is 1.28. The van der Waals surface area contributed by atoms with E-state index in [9.17, 15) is 0 Å². The maximum Gasteiger partial charge on any atom is 0.127 e. The van der Waals surface area contributed by atoms with E-state index in [4.69, 9.17) is 4.42 Å². The third-order valence-electron chi connectivity index (χ3n) is 1.28. The van der Waals surface area contributed by atoms with Crippen LogP contribution in [0.4, 0.5) is 0 Å². The summed E-state index contributed by atoms with van der Waals surface area (Å²) >= 11 is 0. The fraction of sp³-hybridized carbons (Fsp3) is 0. The average Bonchev–Trinajstić information content (AvgIpc) is 1.98. The minimum absolute atomic E-state index is 0.560. The van der Waals surface area contributed by atoms with Crippen LogP contribution in [0.15, 0.2) is 4.42 Å². The van der Waals surface area contributed by atoms with Crippen molar-refractivity contribution in [1.82, 2.24) is 0 Å². The van der Waals surface area contributed by atoms with Crippen LogP contribution in [0.3, 0.4) is 0 Å². The largest absolute Gasteiger partial charge is 0.457 e. The summed E-state index contributed by atoms with van der Waals surface area (Å²) in [6, 6.07) is 0. The van der Waals surface area contributed by atoms with Gasteiger partial charge in [0, 0.05) is 10.4 Å². The van der Waals surface area contributed by atoms with Gasteiger partial charge in [-0.25, -0.2) is 0 Å². The Hall–Kier alpha value is -1.24. The first-order chi connectivity index (χ1) is 4.13. The first kappa shape index (κ1) is 5.89. The number of rotatable bonds is 0. The van der Waals surface area contributed by atoms with Gasteiger partial charge in [0.25, 0.3) is 0 Å². The number of hydrogen-bond donors (Lipinski definition) is 0. The molecule has 1 nitrogen and oxygen atoms in total. The molecule has 1 rings (SSSR count). The van der Waals surface area contributed by atoms with Gasteiger partial charge in [-0.05, 0) is 0 Å². The van der Waals surface area contributed by atoms with E-state index in [1.807, 2.05) is 0 Å². The molecule has 0 N–H and O–H groups in total. The molecule has 0 atom stereocenters. The van der Waals surface area contributed by atoms with Crippen LogP contribution in [0.2, 0.25) is 0 Å². The molecule has 1 aromatic heterocycles. The molecule has 1 heterocycles. The molecule has 1 aromatic rings. The second-order valence-electron chi connectivity index (χ2n) is 1.91. The predicted molar refractivity (Wildman–Crippen MR) is 39.3 cm³/mol. The zero-order chi connectivity index (χ0) is 7.02. The molecule has 0 amide bonds. The fourth-order valence-electron chi connectivity index (χ4n) is 0.609. The van der Waals surface area contributed by atoms with Gasteiger partial charge in [-0.1, -0.05) is 26.3 Å². The minimum Gasteiger partial charge on any atom is -0.457 e. The lowest BCUT2D eigenvalue weighted by atomic mass is 10.4. The van der Waals surface area contributed by atoms with Crippen LogP contribution >= 0.6 is 0 Å². The maximum atomic E-state index is 5.00. The Morgan fingerprint density at radius 2 is 1.11 bits per heavy atom. The summed E-state index contributed by atoms with van der Waals surface area (Å²) in [5, 5.41) is 1.50. The molecule has 0 saturated heterocycles. The predicted octanol–water partition coefficient (Wildman–Crippen LogP) is -1.08. The molecular formula is C8H8O. The van der Waals surface area contributed by atoms with E-state index < -0.39 is 0 Å². The molecule has 0 fully saturated rings. The summed E-state index contributed by atoms with van der Waals surface area (Å²) in [7, 11) is 0. The Morgan fingerprint density at radius 3 is 1.22 bits per heavy atom. The average molecular weight is 120 g/mol. The van der Waals surface area contributed by atoms with E-state index in [-0.39, 0.29) is 0 Å². The van der Waals surface area contributed by atoms with Crippen LogP contribution in [0, 0.1) is 0 Å². The molecule has 1 heteroatoms. The van der Waals surface area contributed by atoms with Crippen LogP contribution in [-0.2, 0) is 0 Å². The van der Waals surface area contributed by atoms with E-state index >= 15 is 0 Å². The Kier molecular flexibility index (Phi) is 1.06. The van der Waals surface area contributed by atoms with Gasteiger partial charge in [-0.3, -0.25) is 0 Å². The maximum absolute atomic E-state index is 5.00. The lowest BCUT2D eigenvalue weighted by molar-refractivity contribution is 0.501. The monoisotopic (exact) mass is 120 g/mol. The summed E-state index contributed by atoms with van der Waals surface area (Å²) in [5.41, 5.74) is 1.12. The van der Waals surface area contributed by atoms with Gasteiger partial charge in [0.15, 0.2) is 0 Å². The van der Waals surface area contributed by atoms with Crippen LogP contribution in [0.25, 0.3) is 26.3 Å². The van der Waals surface area contributed by atoms with Crippen molar-refractivity contribution in [2.75, 3.05) is 0 Å². The molecule has 0 radical (unpaired) electrons. The molecule has 0 aliphatic rings. The Labute approximate surface area is 52.9 Å². The summed E-state index contributed by atoms with van der Waals surface area (Å²) < 4.78 is 5.00. The zero-order valence-corrected chi connectivity index (χ0v) is 5.24. The van der Waals surface area contributed by atoms with Crippen molar-refractivity contribution in [1.29, 1.82) is 0 Å². The van der Waals surface area contributed by atoms with Crippen LogP contribution < -0.4 is 21.3 Å². The molecule has 0 unspecified atom stereocenters. The third kappa shape index (κ3) is 0.703. The second-order valence-corrected chi connectivity index (χ2v) is 1.91. The van der Waals surface area contributed by atoms with E-state index in [1.165, 1.54) is 0 Å². The van der Waals surface area contributed by atoms with Crippen LogP contribution in [0.5, 0.6) is 0 Å². The van der Waals surface area contributed by atoms with Crippen molar-refractivity contribution in [3.8, 4) is 0 Å². The molecule has 46 valence electrons. The summed E-state index contributed by atoms with van der Waals surface area (Å²) in [5.74, 6) is 0. The molecule has 0 saturated carbocycles. The molecule has 0 bridgehead atoms. The SMILES string of the molecule is C=c1oc(=C)c(=C)c1=C. The van der Waals surface area contributed by atoms with Gasteiger partial charge in [-0.2, -0.15) is 0 Å². The highest BCUT2D eigenvalue weighted by Crippen LogP contribution is 1.40. The summed E-state index contributed by atoms with van der Waals surface area (Å²) in [6.07, 6.45) is 0. The first-order valence-electron chi connectivity index (χ1n) is 2.57. The summed E-state index contributed by atoms with van der Waals surface area (Å²) in [6.45, 7) is 14.5. The standard InChI is InChI=1S/C8H8O/c1-5-6(2)8(4)9-7(5)3/h1-4H2. The lowest BCUT2D eigenvalue weighted by Gasteiger charge is -1.63. The van der Waals surface area contributed by atoms with Gasteiger partial charge in [-0.15, -0.1) is 0 Å². The summed E-state index contributed by atoms with van der Waals surface area (Å²) in [4.78, 5) is 0. The van der Waals surface area contributed by atoms with E-state index in [0.717, 1.165) is 10.4 Å². The van der Waals surface area contributed by atoms with Crippen LogP contribution in [-0.4, -0.2) is 0 Å². The second kappa shape index (κ2) is 1.62. The van der Waals surface area contributed by atoms with E-state index in [2.05, 4.69) is 26.3 Å². The Balaban J connectivity index is 4.15. The van der Waals surface area contributed by atoms with Crippen molar-refractivity contribution in [3.05, 3.63) is 21.3 Å². The Bertz CT molecular complexity index is 359. The smallest absolute Gasteiger partial charge is 0.127 e. The Morgan fingerprint density at radius 1 is 0.778 bits per heavy atom. The van der Waals surface area contributed by atoms with E-state index in [0.29, 0.717) is 10.8 Å². The van der Waals surface area contributed by atoms with Gasteiger partial charge in [0.2, 0.25) is 0 Å². The fourth-order valence-corrected chi connectivity index (χ4v) is 0.609. The highest BCUT2D eigenvalue weighted by Gasteiger charge is 1.85. The van der Waals surface area contributed by atoms with Gasteiger partial charge < -0.3 is 4.42 Å². The van der Waals surface area contributed by atoms with E-state index in [1.54, 1.807) is 0 Å². The molecule has 0 aromatic carbocycles. The van der Waals surface area contributed by atoms with Crippen molar-refractivity contribution >= 4 is 26.3 Å². The zero-order valence-electron chi connectivity index (χ0n) is 5.24.